The average molecular weight is 429 g/mol. The number of hydrogen-bond acceptors (Lipinski definition) is 2. The van der Waals surface area contributed by atoms with Gasteiger partial charge in [0.1, 0.15) is 0 Å². The van der Waals surface area contributed by atoms with Crippen LogP contribution in [-0.4, -0.2) is 5.91 Å². The van der Waals surface area contributed by atoms with Crippen molar-refractivity contribution in [2.45, 2.75) is 6.18 Å². The fourth-order valence-corrected chi connectivity index (χ4v) is 3.32. The van der Waals surface area contributed by atoms with Crippen LogP contribution < -0.4 is 5.32 Å². The maximum Gasteiger partial charge on any atom is 0.416 e. The van der Waals surface area contributed by atoms with Gasteiger partial charge in [-0.05, 0) is 62.2 Å². The minimum atomic E-state index is -4.38. The maximum atomic E-state index is 12.4. The highest BCUT2D eigenvalue weighted by Crippen LogP contribution is 2.33. The van der Waals surface area contributed by atoms with E-state index < -0.39 is 11.7 Å². The van der Waals surface area contributed by atoms with Crippen LogP contribution in [-0.2, 0) is 6.18 Å². The molecule has 2 nitrogen and oxygen atoms in total. The summed E-state index contributed by atoms with van der Waals surface area (Å²) in [5, 5.41) is 2.54. The third-order valence-corrected chi connectivity index (χ3v) is 5.59. The van der Waals surface area contributed by atoms with Crippen LogP contribution in [0.1, 0.15) is 15.2 Å². The summed E-state index contributed by atoms with van der Waals surface area (Å²) in [6.07, 6.45) is -4.38. The zero-order chi connectivity index (χ0) is 14.9. The minimum Gasteiger partial charge on any atom is -0.321 e. The summed E-state index contributed by atoms with van der Waals surface area (Å²) in [6.45, 7) is 0. The van der Waals surface area contributed by atoms with Gasteiger partial charge in [0, 0.05) is 10.2 Å². The highest BCUT2D eigenvalue weighted by atomic mass is 79.9. The van der Waals surface area contributed by atoms with Gasteiger partial charge in [-0.2, -0.15) is 13.2 Å². The molecule has 0 bridgehead atoms. The predicted molar refractivity (Wildman–Crippen MR) is 79.1 cm³/mol. The minimum absolute atomic E-state index is 0.309. The molecule has 0 saturated carbocycles. The molecule has 0 spiro atoms. The van der Waals surface area contributed by atoms with E-state index in [2.05, 4.69) is 37.2 Å². The Bertz CT molecular complexity index is 618. The van der Waals surface area contributed by atoms with Crippen molar-refractivity contribution >= 4 is 54.8 Å². The second-order valence-corrected chi connectivity index (χ2v) is 6.99. The molecule has 0 radical (unpaired) electrons. The lowest BCUT2D eigenvalue weighted by Gasteiger charge is -2.08. The van der Waals surface area contributed by atoms with Gasteiger partial charge in [-0.15, -0.1) is 11.3 Å². The molecule has 20 heavy (non-hydrogen) atoms. The van der Waals surface area contributed by atoms with E-state index in [1.807, 2.05) is 0 Å². The quantitative estimate of drug-likeness (QED) is 0.668. The summed E-state index contributed by atoms with van der Waals surface area (Å²) in [4.78, 5) is 12.3. The molecule has 0 unspecified atom stereocenters. The molecule has 1 aromatic carbocycles. The van der Waals surface area contributed by atoms with Gasteiger partial charge in [0.2, 0.25) is 0 Å². The molecule has 2 aromatic rings. The summed E-state index contributed by atoms with van der Waals surface area (Å²) < 4.78 is 38.7. The molecule has 0 atom stereocenters. The fourth-order valence-electron chi connectivity index (χ4n) is 1.39. The number of carbonyl (C=O) groups is 1. The van der Waals surface area contributed by atoms with Crippen molar-refractivity contribution in [2.24, 2.45) is 0 Å². The molecule has 0 aliphatic heterocycles. The number of rotatable bonds is 2. The fraction of sp³-hybridized carbons (Fsp3) is 0.0833. The molecule has 1 N–H and O–H groups in total. The van der Waals surface area contributed by atoms with Gasteiger partial charge in [-0.25, -0.2) is 0 Å². The molecule has 2 rings (SSSR count). The van der Waals surface area contributed by atoms with E-state index in [4.69, 9.17) is 0 Å². The number of thiophene rings is 1. The third kappa shape index (κ3) is 3.62. The van der Waals surface area contributed by atoms with E-state index in [1.165, 1.54) is 23.5 Å². The summed E-state index contributed by atoms with van der Waals surface area (Å²) in [5.41, 5.74) is -0.444. The summed E-state index contributed by atoms with van der Waals surface area (Å²) in [5.74, 6) is -0.374. The first-order valence-electron chi connectivity index (χ1n) is 5.21. The van der Waals surface area contributed by atoms with E-state index in [1.54, 1.807) is 6.07 Å². The van der Waals surface area contributed by atoms with E-state index >= 15 is 0 Å². The monoisotopic (exact) mass is 427 g/mol. The van der Waals surface area contributed by atoms with E-state index in [0.29, 0.717) is 10.6 Å². The second kappa shape index (κ2) is 5.87. The Balaban J connectivity index is 2.12. The molecular weight excluding hydrogens is 423 g/mol. The topological polar surface area (TPSA) is 29.1 Å². The SMILES string of the molecule is O=C(Nc1ccc(C(F)(F)F)cc1)c1cc(Br)c(Br)s1. The van der Waals surface area contributed by atoms with Gasteiger partial charge in [0.15, 0.2) is 0 Å². The summed E-state index contributed by atoms with van der Waals surface area (Å²) in [7, 11) is 0. The zero-order valence-corrected chi connectivity index (χ0v) is 13.6. The first-order valence-corrected chi connectivity index (χ1v) is 7.61. The lowest BCUT2D eigenvalue weighted by atomic mass is 10.2. The molecule has 1 aromatic heterocycles. The van der Waals surface area contributed by atoms with Crippen molar-refractivity contribution in [3.63, 3.8) is 0 Å². The Labute approximate surface area is 133 Å². The number of halogens is 5. The lowest BCUT2D eigenvalue weighted by Crippen LogP contribution is -2.10. The Morgan fingerprint density at radius 2 is 1.75 bits per heavy atom. The molecule has 0 aliphatic carbocycles. The van der Waals surface area contributed by atoms with Crippen molar-refractivity contribution in [2.75, 3.05) is 5.32 Å². The predicted octanol–water partition coefficient (Wildman–Crippen LogP) is 5.54. The Kier molecular flexibility index (Phi) is 4.55. The third-order valence-electron chi connectivity index (χ3n) is 2.34. The molecule has 106 valence electrons. The van der Waals surface area contributed by atoms with E-state index in [9.17, 15) is 18.0 Å². The number of carbonyl (C=O) groups excluding carboxylic acids is 1. The van der Waals surface area contributed by atoms with Gasteiger partial charge >= 0.3 is 6.18 Å². The summed E-state index contributed by atoms with van der Waals surface area (Å²) in [6, 6.07) is 5.93. The largest absolute Gasteiger partial charge is 0.416 e. The molecule has 0 aliphatic rings. The van der Waals surface area contributed by atoms with Crippen LogP contribution in [0.4, 0.5) is 18.9 Å². The van der Waals surface area contributed by atoms with Crippen LogP contribution in [0.2, 0.25) is 0 Å². The molecule has 0 saturated heterocycles. The number of amides is 1. The van der Waals surface area contributed by atoms with Crippen LogP contribution in [0, 0.1) is 0 Å². The number of anilines is 1. The van der Waals surface area contributed by atoms with Crippen LogP contribution in [0.15, 0.2) is 38.6 Å². The van der Waals surface area contributed by atoms with Gasteiger partial charge < -0.3 is 5.32 Å². The Morgan fingerprint density at radius 1 is 1.15 bits per heavy atom. The molecule has 1 heterocycles. The van der Waals surface area contributed by atoms with Crippen molar-refractivity contribution < 1.29 is 18.0 Å². The first kappa shape index (κ1) is 15.5. The van der Waals surface area contributed by atoms with Crippen molar-refractivity contribution in [3.8, 4) is 0 Å². The maximum absolute atomic E-state index is 12.4. The molecule has 0 fully saturated rings. The number of alkyl halides is 3. The van der Waals surface area contributed by atoms with E-state index in [-0.39, 0.29) is 5.91 Å². The van der Waals surface area contributed by atoms with Gasteiger partial charge in [0.05, 0.1) is 14.2 Å². The highest BCUT2D eigenvalue weighted by molar-refractivity contribution is 9.13. The second-order valence-electron chi connectivity index (χ2n) is 3.76. The van der Waals surface area contributed by atoms with Gasteiger partial charge in [-0.3, -0.25) is 4.79 Å². The van der Waals surface area contributed by atoms with Crippen LogP contribution in [0.3, 0.4) is 0 Å². The van der Waals surface area contributed by atoms with Crippen LogP contribution in [0.5, 0.6) is 0 Å². The average Bonchev–Trinajstić information content (AvgIpc) is 2.69. The van der Waals surface area contributed by atoms with Gasteiger partial charge in [-0.1, -0.05) is 0 Å². The summed E-state index contributed by atoms with van der Waals surface area (Å²) >= 11 is 7.75. The molecule has 1 amide bonds. The lowest BCUT2D eigenvalue weighted by molar-refractivity contribution is -0.137. The molecule has 8 heteroatoms. The van der Waals surface area contributed by atoms with Crippen molar-refractivity contribution in [1.29, 1.82) is 0 Å². The number of nitrogens with one attached hydrogen (secondary N) is 1. The van der Waals surface area contributed by atoms with Crippen LogP contribution in [0.25, 0.3) is 0 Å². The first-order chi connectivity index (χ1) is 9.27. The van der Waals surface area contributed by atoms with Crippen LogP contribution >= 0.6 is 43.2 Å². The van der Waals surface area contributed by atoms with Crippen molar-refractivity contribution in [3.05, 3.63) is 49.0 Å². The van der Waals surface area contributed by atoms with Gasteiger partial charge in [0.25, 0.3) is 5.91 Å². The number of benzene rings is 1. The smallest absolute Gasteiger partial charge is 0.321 e. The Hall–Kier alpha value is -0.860. The van der Waals surface area contributed by atoms with E-state index in [0.717, 1.165) is 20.4 Å². The Morgan fingerprint density at radius 3 is 2.20 bits per heavy atom. The normalized spacial score (nSPS) is 11.4. The zero-order valence-electron chi connectivity index (χ0n) is 9.59. The number of hydrogen-bond donors (Lipinski definition) is 1. The highest BCUT2D eigenvalue weighted by Gasteiger charge is 2.30. The van der Waals surface area contributed by atoms with Crippen molar-refractivity contribution in [1.82, 2.24) is 0 Å². The molecular formula is C12H6Br2F3NOS. The standard InChI is InChI=1S/C12H6Br2F3NOS/c13-8-5-9(20-10(8)14)11(19)18-7-3-1-6(2-4-7)12(15,16)17/h1-5H,(H,18,19).